The number of rotatable bonds is 8. The normalized spacial score (nSPS) is 14.2. The van der Waals surface area contributed by atoms with Crippen LogP contribution in [-0.4, -0.2) is 55.3 Å². The third-order valence-corrected chi connectivity index (χ3v) is 4.47. The van der Waals surface area contributed by atoms with Gasteiger partial charge < -0.3 is 5.11 Å². The molecule has 0 aromatic rings. The summed E-state index contributed by atoms with van der Waals surface area (Å²) in [7, 11) is -0.630. The molecule has 1 N–H and O–H groups in total. The second-order valence-corrected chi connectivity index (χ2v) is 6.35. The van der Waals surface area contributed by atoms with E-state index in [2.05, 4.69) is 0 Å². The molecule has 0 aromatic carbocycles. The van der Waals surface area contributed by atoms with Gasteiger partial charge in [-0.05, 0) is 6.42 Å². The third kappa shape index (κ3) is 5.01. The van der Waals surface area contributed by atoms with Crippen LogP contribution >= 0.6 is 0 Å². The van der Waals surface area contributed by atoms with E-state index in [1.807, 2.05) is 6.92 Å². The van der Waals surface area contributed by atoms with Crippen molar-refractivity contribution in [1.82, 2.24) is 8.61 Å². The van der Waals surface area contributed by atoms with E-state index in [-0.39, 0.29) is 6.54 Å². The van der Waals surface area contributed by atoms with Gasteiger partial charge in [0.1, 0.15) is 0 Å². The van der Waals surface area contributed by atoms with Gasteiger partial charge in [-0.2, -0.15) is 17.0 Å². The first kappa shape index (κ1) is 16.3. The van der Waals surface area contributed by atoms with Crippen LogP contribution in [0.3, 0.4) is 0 Å². The van der Waals surface area contributed by atoms with Crippen LogP contribution in [-0.2, 0) is 15.0 Å². The molecule has 0 saturated heterocycles. The second kappa shape index (κ2) is 6.93. The predicted octanol–water partition coefficient (Wildman–Crippen LogP) is 0.616. The zero-order valence-electron chi connectivity index (χ0n) is 10.9. The largest absolute Gasteiger partial charge is 0.481 e. The quantitative estimate of drug-likeness (QED) is 0.698. The molecule has 0 saturated carbocycles. The van der Waals surface area contributed by atoms with Crippen molar-refractivity contribution in [2.24, 2.45) is 5.92 Å². The molecule has 17 heavy (non-hydrogen) atoms. The molecule has 0 aliphatic carbocycles. The van der Waals surface area contributed by atoms with Gasteiger partial charge in [0.25, 0.3) is 10.2 Å². The van der Waals surface area contributed by atoms with E-state index in [4.69, 9.17) is 5.11 Å². The lowest BCUT2D eigenvalue weighted by Gasteiger charge is -2.25. The summed E-state index contributed by atoms with van der Waals surface area (Å²) in [6, 6.07) is 0. The molecule has 0 spiro atoms. The number of unbranched alkanes of at least 4 members (excludes halogenated alkanes) is 1. The Morgan fingerprint density at radius 3 is 2.24 bits per heavy atom. The summed E-state index contributed by atoms with van der Waals surface area (Å²) in [6.45, 7) is 3.90. The fourth-order valence-electron chi connectivity index (χ4n) is 1.29. The average Bonchev–Trinajstić information content (AvgIpc) is 2.25. The van der Waals surface area contributed by atoms with Crippen LogP contribution in [0.25, 0.3) is 0 Å². The monoisotopic (exact) mass is 266 g/mol. The minimum Gasteiger partial charge on any atom is -0.481 e. The summed E-state index contributed by atoms with van der Waals surface area (Å²) in [5, 5.41) is 8.74. The molecule has 102 valence electrons. The first-order valence-electron chi connectivity index (χ1n) is 5.63. The minimum atomic E-state index is -3.54. The maximum Gasteiger partial charge on any atom is 0.307 e. The molecule has 1 unspecified atom stereocenters. The van der Waals surface area contributed by atoms with Crippen LogP contribution in [0.2, 0.25) is 0 Å². The van der Waals surface area contributed by atoms with Crippen molar-refractivity contribution in [3.63, 3.8) is 0 Å². The molecule has 0 fully saturated rings. The van der Waals surface area contributed by atoms with Crippen LogP contribution in [0.15, 0.2) is 0 Å². The van der Waals surface area contributed by atoms with E-state index < -0.39 is 22.1 Å². The van der Waals surface area contributed by atoms with Crippen molar-refractivity contribution < 1.29 is 18.3 Å². The second-order valence-electron chi connectivity index (χ2n) is 4.20. The first-order chi connectivity index (χ1) is 7.73. The molecule has 0 radical (unpaired) electrons. The lowest BCUT2D eigenvalue weighted by atomic mass is 10.2. The van der Waals surface area contributed by atoms with Crippen LogP contribution in [0.5, 0.6) is 0 Å². The molecule has 1 atom stereocenters. The number of carboxylic acid groups (broad SMARTS) is 1. The highest BCUT2D eigenvalue weighted by Gasteiger charge is 2.26. The summed E-state index contributed by atoms with van der Waals surface area (Å²) in [5.41, 5.74) is 0. The van der Waals surface area contributed by atoms with Crippen LogP contribution in [0.4, 0.5) is 0 Å². The van der Waals surface area contributed by atoms with E-state index in [9.17, 15) is 13.2 Å². The molecule has 0 rings (SSSR count). The number of carboxylic acids is 1. The number of aliphatic carboxylic acids is 1. The average molecular weight is 266 g/mol. The summed E-state index contributed by atoms with van der Waals surface area (Å²) in [5.74, 6) is -1.71. The van der Waals surface area contributed by atoms with Gasteiger partial charge in [0.15, 0.2) is 0 Å². The molecule has 0 aliphatic heterocycles. The van der Waals surface area contributed by atoms with E-state index in [0.29, 0.717) is 6.54 Å². The van der Waals surface area contributed by atoms with Gasteiger partial charge in [-0.15, -0.1) is 0 Å². The van der Waals surface area contributed by atoms with E-state index in [1.165, 1.54) is 25.3 Å². The van der Waals surface area contributed by atoms with Gasteiger partial charge in [-0.3, -0.25) is 4.79 Å². The Morgan fingerprint density at radius 1 is 1.29 bits per heavy atom. The lowest BCUT2D eigenvalue weighted by molar-refractivity contribution is -0.141. The Kier molecular flexibility index (Phi) is 6.66. The number of nitrogens with zero attached hydrogens (tertiary/aromatic N) is 2. The van der Waals surface area contributed by atoms with Crippen molar-refractivity contribution in [1.29, 1.82) is 0 Å². The van der Waals surface area contributed by atoms with Crippen molar-refractivity contribution in [3.8, 4) is 0 Å². The van der Waals surface area contributed by atoms with E-state index in [0.717, 1.165) is 17.1 Å². The molecule has 0 heterocycles. The molecular weight excluding hydrogens is 244 g/mol. The topological polar surface area (TPSA) is 77.9 Å². The van der Waals surface area contributed by atoms with Crippen LogP contribution in [0, 0.1) is 5.92 Å². The maximum absolute atomic E-state index is 12.0. The molecule has 0 aliphatic rings. The van der Waals surface area contributed by atoms with Gasteiger partial charge >= 0.3 is 5.97 Å². The van der Waals surface area contributed by atoms with Gasteiger partial charge in [0, 0.05) is 27.2 Å². The standard InChI is InChI=1S/C10H22N2O4S/c1-5-6-7-11(3)17(15,16)12(4)8-9(2)10(13)14/h9H,5-8H2,1-4H3,(H,13,14). The van der Waals surface area contributed by atoms with Gasteiger partial charge in [0.05, 0.1) is 5.92 Å². The molecule has 0 amide bonds. The zero-order valence-corrected chi connectivity index (χ0v) is 11.7. The summed E-state index contributed by atoms with van der Waals surface area (Å²) >= 11 is 0. The number of carbonyl (C=O) groups is 1. The van der Waals surface area contributed by atoms with Gasteiger partial charge in [-0.1, -0.05) is 20.3 Å². The van der Waals surface area contributed by atoms with E-state index in [1.54, 1.807) is 0 Å². The smallest absolute Gasteiger partial charge is 0.307 e. The Labute approximate surface area is 103 Å². The Hall–Kier alpha value is -0.660. The summed E-state index contributed by atoms with van der Waals surface area (Å²) in [4.78, 5) is 10.7. The molecule has 0 aromatic heterocycles. The van der Waals surface area contributed by atoms with Gasteiger partial charge in [0.2, 0.25) is 0 Å². The predicted molar refractivity (Wildman–Crippen MR) is 65.9 cm³/mol. The lowest BCUT2D eigenvalue weighted by Crippen LogP contribution is -2.42. The highest BCUT2D eigenvalue weighted by Crippen LogP contribution is 2.08. The van der Waals surface area contributed by atoms with Crippen molar-refractivity contribution >= 4 is 16.2 Å². The SMILES string of the molecule is CCCCN(C)S(=O)(=O)N(C)CC(C)C(=O)O. The Bertz CT molecular complexity index is 342. The van der Waals surface area contributed by atoms with Crippen molar-refractivity contribution in [2.75, 3.05) is 27.2 Å². The fourth-order valence-corrected chi connectivity index (χ4v) is 2.54. The fraction of sp³-hybridized carbons (Fsp3) is 0.900. The highest BCUT2D eigenvalue weighted by molar-refractivity contribution is 7.86. The molecule has 7 heteroatoms. The van der Waals surface area contributed by atoms with Gasteiger partial charge in [-0.25, -0.2) is 0 Å². The molecule has 6 nitrogen and oxygen atoms in total. The highest BCUT2D eigenvalue weighted by atomic mass is 32.2. The Morgan fingerprint density at radius 2 is 1.82 bits per heavy atom. The van der Waals surface area contributed by atoms with Crippen molar-refractivity contribution in [3.05, 3.63) is 0 Å². The first-order valence-corrected chi connectivity index (χ1v) is 7.03. The maximum atomic E-state index is 12.0. The number of hydrogen-bond acceptors (Lipinski definition) is 3. The number of hydrogen-bond donors (Lipinski definition) is 1. The zero-order chi connectivity index (χ0) is 13.6. The third-order valence-electron chi connectivity index (χ3n) is 2.57. The Balaban J connectivity index is 4.54. The molecule has 0 bridgehead atoms. The summed E-state index contributed by atoms with van der Waals surface area (Å²) < 4.78 is 26.2. The summed E-state index contributed by atoms with van der Waals surface area (Å²) in [6.07, 6.45) is 1.70. The molecular formula is C10H22N2O4S. The van der Waals surface area contributed by atoms with Crippen LogP contribution in [0.1, 0.15) is 26.7 Å². The van der Waals surface area contributed by atoms with Crippen LogP contribution < -0.4 is 0 Å². The van der Waals surface area contributed by atoms with Crippen molar-refractivity contribution in [2.45, 2.75) is 26.7 Å². The van der Waals surface area contributed by atoms with E-state index >= 15 is 0 Å². The minimum absolute atomic E-state index is 0.0197.